The van der Waals surface area contributed by atoms with Crippen molar-refractivity contribution >= 4 is 5.69 Å². The molecule has 8 nitrogen and oxygen atoms in total. The van der Waals surface area contributed by atoms with Gasteiger partial charge in [0.05, 0.1) is 39.5 Å². The van der Waals surface area contributed by atoms with Crippen LogP contribution in [-0.2, 0) is 6.42 Å². The minimum Gasteiger partial charge on any atom is -0.493 e. The lowest BCUT2D eigenvalue weighted by atomic mass is 10.00. The molecule has 0 aromatic heterocycles. The van der Waals surface area contributed by atoms with Gasteiger partial charge in [-0.15, -0.1) is 0 Å². The number of rotatable bonds is 8. The Kier molecular flexibility index (Phi) is 6.24. The fourth-order valence-corrected chi connectivity index (χ4v) is 2.65. The third-order valence-electron chi connectivity index (χ3n) is 3.94. The van der Waals surface area contributed by atoms with Gasteiger partial charge in [0.2, 0.25) is 5.75 Å². The van der Waals surface area contributed by atoms with Gasteiger partial charge in [-0.2, -0.15) is 0 Å². The lowest BCUT2D eigenvalue weighted by Crippen LogP contribution is -2.05. The van der Waals surface area contributed by atoms with Crippen LogP contribution < -0.4 is 18.9 Å². The first-order valence-corrected chi connectivity index (χ1v) is 7.74. The Labute approximate surface area is 151 Å². The predicted molar refractivity (Wildman–Crippen MR) is 94.4 cm³/mol. The Bertz CT molecular complexity index is 766. The van der Waals surface area contributed by atoms with Gasteiger partial charge in [-0.1, -0.05) is 6.07 Å². The molecule has 2 aromatic carbocycles. The van der Waals surface area contributed by atoms with Crippen molar-refractivity contribution in [3.63, 3.8) is 0 Å². The van der Waals surface area contributed by atoms with Crippen LogP contribution in [0.2, 0.25) is 0 Å². The number of methoxy groups -OCH3 is 4. The normalized spacial score (nSPS) is 11.6. The maximum absolute atomic E-state index is 11.1. The van der Waals surface area contributed by atoms with Crippen molar-refractivity contribution in [2.24, 2.45) is 0 Å². The summed E-state index contributed by atoms with van der Waals surface area (Å²) < 4.78 is 20.8. The Balaban J connectivity index is 2.34. The molecule has 0 aliphatic heterocycles. The molecule has 0 fully saturated rings. The van der Waals surface area contributed by atoms with E-state index in [0.717, 1.165) is 5.56 Å². The molecule has 1 atom stereocenters. The molecule has 0 aliphatic carbocycles. The molecule has 2 aromatic rings. The van der Waals surface area contributed by atoms with Gasteiger partial charge in [-0.3, -0.25) is 10.1 Å². The molecular formula is C18H21NO7. The van der Waals surface area contributed by atoms with Crippen molar-refractivity contribution in [2.75, 3.05) is 28.4 Å². The lowest BCUT2D eigenvalue weighted by Gasteiger charge is -2.16. The van der Waals surface area contributed by atoms with E-state index < -0.39 is 11.0 Å². The second kappa shape index (κ2) is 8.39. The average molecular weight is 363 g/mol. The van der Waals surface area contributed by atoms with Gasteiger partial charge in [0.25, 0.3) is 0 Å². The highest BCUT2D eigenvalue weighted by Gasteiger charge is 2.20. The third kappa shape index (κ3) is 3.97. The molecule has 2 rings (SSSR count). The van der Waals surface area contributed by atoms with Crippen LogP contribution in [0.25, 0.3) is 0 Å². The van der Waals surface area contributed by atoms with Crippen molar-refractivity contribution < 1.29 is 29.0 Å². The summed E-state index contributed by atoms with van der Waals surface area (Å²) >= 11 is 0. The van der Waals surface area contributed by atoms with Crippen LogP contribution in [0.3, 0.4) is 0 Å². The molecule has 26 heavy (non-hydrogen) atoms. The molecule has 0 aliphatic rings. The number of hydrogen-bond donors (Lipinski definition) is 1. The van der Waals surface area contributed by atoms with Crippen LogP contribution in [0.4, 0.5) is 5.69 Å². The van der Waals surface area contributed by atoms with E-state index in [1.807, 2.05) is 0 Å². The fourth-order valence-electron chi connectivity index (χ4n) is 2.65. The molecule has 0 bridgehead atoms. The van der Waals surface area contributed by atoms with E-state index in [2.05, 4.69) is 0 Å². The van der Waals surface area contributed by atoms with Gasteiger partial charge in [0.15, 0.2) is 17.2 Å². The Morgan fingerprint density at radius 2 is 1.54 bits per heavy atom. The van der Waals surface area contributed by atoms with E-state index in [0.29, 0.717) is 22.8 Å². The Hall–Kier alpha value is -3.00. The van der Waals surface area contributed by atoms with E-state index >= 15 is 0 Å². The van der Waals surface area contributed by atoms with Gasteiger partial charge in [-0.05, 0) is 29.3 Å². The molecule has 0 saturated heterocycles. The van der Waals surface area contributed by atoms with Crippen LogP contribution in [-0.4, -0.2) is 38.5 Å². The molecule has 8 heteroatoms. The maximum Gasteiger partial charge on any atom is 0.311 e. The molecule has 0 spiro atoms. The fraction of sp³-hybridized carbons (Fsp3) is 0.333. The molecule has 0 saturated carbocycles. The lowest BCUT2D eigenvalue weighted by molar-refractivity contribution is -0.385. The van der Waals surface area contributed by atoms with E-state index in [9.17, 15) is 15.2 Å². The molecule has 1 unspecified atom stereocenters. The van der Waals surface area contributed by atoms with E-state index in [-0.39, 0.29) is 17.9 Å². The quantitative estimate of drug-likeness (QED) is 0.568. The summed E-state index contributed by atoms with van der Waals surface area (Å²) in [6.45, 7) is 0. The number of nitro groups is 1. The molecule has 0 amide bonds. The third-order valence-corrected chi connectivity index (χ3v) is 3.94. The molecular weight excluding hydrogens is 342 g/mol. The number of nitrogens with zero attached hydrogens (tertiary/aromatic N) is 1. The van der Waals surface area contributed by atoms with Crippen molar-refractivity contribution in [2.45, 2.75) is 12.5 Å². The highest BCUT2D eigenvalue weighted by molar-refractivity contribution is 5.54. The summed E-state index contributed by atoms with van der Waals surface area (Å²) in [5.74, 6) is 1.52. The van der Waals surface area contributed by atoms with Crippen molar-refractivity contribution in [1.82, 2.24) is 0 Å². The van der Waals surface area contributed by atoms with Gasteiger partial charge in [0.1, 0.15) is 0 Å². The van der Waals surface area contributed by atoms with Gasteiger partial charge in [0, 0.05) is 12.5 Å². The summed E-state index contributed by atoms with van der Waals surface area (Å²) in [5, 5.41) is 21.7. The SMILES string of the molecule is COc1ccc(C(O)Cc2cc(OC)c(OC)c(OC)c2)cc1[N+](=O)[O-]. The van der Waals surface area contributed by atoms with Crippen LogP contribution in [0.15, 0.2) is 30.3 Å². The number of hydrogen-bond acceptors (Lipinski definition) is 7. The first-order chi connectivity index (χ1) is 12.4. The summed E-state index contributed by atoms with van der Waals surface area (Å²) in [4.78, 5) is 10.6. The highest BCUT2D eigenvalue weighted by atomic mass is 16.6. The monoisotopic (exact) mass is 363 g/mol. The molecule has 0 radical (unpaired) electrons. The smallest absolute Gasteiger partial charge is 0.311 e. The summed E-state index contributed by atoms with van der Waals surface area (Å²) in [6.07, 6.45) is -0.748. The summed E-state index contributed by atoms with van der Waals surface area (Å²) in [6, 6.07) is 7.81. The zero-order valence-corrected chi connectivity index (χ0v) is 15.0. The molecule has 0 heterocycles. The number of nitro benzene ring substituents is 1. The first kappa shape index (κ1) is 19.3. The number of benzene rings is 2. The molecule has 140 valence electrons. The van der Waals surface area contributed by atoms with Gasteiger partial charge < -0.3 is 24.1 Å². The van der Waals surface area contributed by atoms with Crippen LogP contribution in [0, 0.1) is 10.1 Å². The second-order valence-electron chi connectivity index (χ2n) is 5.44. The number of aliphatic hydroxyl groups is 1. The largest absolute Gasteiger partial charge is 0.493 e. The zero-order chi connectivity index (χ0) is 19.3. The Morgan fingerprint density at radius 3 is 2.00 bits per heavy atom. The number of aliphatic hydroxyl groups excluding tert-OH is 1. The molecule has 1 N–H and O–H groups in total. The second-order valence-corrected chi connectivity index (χ2v) is 5.44. The van der Waals surface area contributed by atoms with Crippen LogP contribution in [0.5, 0.6) is 23.0 Å². The number of ether oxygens (including phenoxy) is 4. The van der Waals surface area contributed by atoms with E-state index in [4.69, 9.17) is 18.9 Å². The average Bonchev–Trinajstić information content (AvgIpc) is 2.66. The Morgan fingerprint density at radius 1 is 0.962 bits per heavy atom. The van der Waals surface area contributed by atoms with Crippen molar-refractivity contribution in [3.8, 4) is 23.0 Å². The maximum atomic E-state index is 11.1. The van der Waals surface area contributed by atoms with Crippen LogP contribution >= 0.6 is 0 Å². The minimum atomic E-state index is -0.956. The van der Waals surface area contributed by atoms with Gasteiger partial charge >= 0.3 is 5.69 Å². The van der Waals surface area contributed by atoms with E-state index in [1.165, 1.54) is 40.6 Å². The van der Waals surface area contributed by atoms with Crippen molar-refractivity contribution in [3.05, 3.63) is 51.6 Å². The topological polar surface area (TPSA) is 100 Å². The predicted octanol–water partition coefficient (Wildman–Crippen LogP) is 2.91. The van der Waals surface area contributed by atoms with Gasteiger partial charge in [-0.25, -0.2) is 0 Å². The van der Waals surface area contributed by atoms with E-state index in [1.54, 1.807) is 18.2 Å². The first-order valence-electron chi connectivity index (χ1n) is 7.74. The van der Waals surface area contributed by atoms with Crippen LogP contribution in [0.1, 0.15) is 17.2 Å². The minimum absolute atomic E-state index is 0.138. The zero-order valence-electron chi connectivity index (χ0n) is 15.0. The summed E-state index contributed by atoms with van der Waals surface area (Å²) in [7, 11) is 5.87. The highest BCUT2D eigenvalue weighted by Crippen LogP contribution is 2.39. The standard InChI is InChI=1S/C18H21NO7/c1-23-15-6-5-12(10-13(15)19(21)22)14(20)7-11-8-16(24-2)18(26-4)17(9-11)25-3/h5-6,8-10,14,20H,7H2,1-4H3. The summed E-state index contributed by atoms with van der Waals surface area (Å²) in [5.41, 5.74) is 0.936. The van der Waals surface area contributed by atoms with Crippen molar-refractivity contribution in [1.29, 1.82) is 0 Å².